The van der Waals surface area contributed by atoms with E-state index in [1.807, 2.05) is 6.07 Å². The highest BCUT2D eigenvalue weighted by molar-refractivity contribution is 9.10. The van der Waals surface area contributed by atoms with Gasteiger partial charge in [-0.3, -0.25) is 0 Å². The monoisotopic (exact) mass is 341 g/mol. The van der Waals surface area contributed by atoms with Crippen molar-refractivity contribution in [3.05, 3.63) is 28.2 Å². The number of unbranched alkanes of at least 4 members (excludes halogenated alkanes) is 5. The summed E-state index contributed by atoms with van der Waals surface area (Å²) in [6.07, 6.45) is 7.77. The van der Waals surface area contributed by atoms with Gasteiger partial charge >= 0.3 is 0 Å². The number of para-hydroxylation sites is 1. The lowest BCUT2D eigenvalue weighted by molar-refractivity contribution is 0.299. The van der Waals surface area contributed by atoms with E-state index in [1.165, 1.54) is 37.7 Å². The molecular formula is C17H28BrNO. The van der Waals surface area contributed by atoms with Crippen LogP contribution in [0.2, 0.25) is 0 Å². The summed E-state index contributed by atoms with van der Waals surface area (Å²) < 4.78 is 7.04. The van der Waals surface area contributed by atoms with Crippen molar-refractivity contribution in [1.29, 1.82) is 0 Å². The molecular weight excluding hydrogens is 314 g/mol. The summed E-state index contributed by atoms with van der Waals surface area (Å²) in [6, 6.07) is 6.24. The van der Waals surface area contributed by atoms with Crippen LogP contribution < -0.4 is 10.1 Å². The van der Waals surface area contributed by atoms with Gasteiger partial charge in [0.15, 0.2) is 0 Å². The minimum atomic E-state index is 0.813. The third kappa shape index (κ3) is 6.76. The summed E-state index contributed by atoms with van der Waals surface area (Å²) in [6.45, 7) is 7.02. The van der Waals surface area contributed by atoms with Crippen molar-refractivity contribution in [2.45, 2.75) is 58.9 Å². The van der Waals surface area contributed by atoms with Gasteiger partial charge in [0.1, 0.15) is 5.75 Å². The molecule has 3 heteroatoms. The molecule has 0 unspecified atom stereocenters. The second kappa shape index (κ2) is 11.2. The molecule has 0 bridgehead atoms. The normalized spacial score (nSPS) is 10.8. The smallest absolute Gasteiger partial charge is 0.137 e. The average Bonchev–Trinajstić information content (AvgIpc) is 2.46. The third-order valence-electron chi connectivity index (χ3n) is 3.36. The van der Waals surface area contributed by atoms with Crippen LogP contribution in [0.25, 0.3) is 0 Å². The van der Waals surface area contributed by atoms with Gasteiger partial charge in [-0.15, -0.1) is 0 Å². The van der Waals surface area contributed by atoms with E-state index in [4.69, 9.17) is 4.74 Å². The zero-order valence-corrected chi connectivity index (χ0v) is 14.5. The lowest BCUT2D eigenvalue weighted by Gasteiger charge is -2.13. The Morgan fingerprint density at radius 1 is 1.05 bits per heavy atom. The van der Waals surface area contributed by atoms with E-state index in [0.29, 0.717) is 0 Å². The molecule has 0 aliphatic heterocycles. The van der Waals surface area contributed by atoms with Crippen LogP contribution in [0.4, 0.5) is 0 Å². The molecule has 0 spiro atoms. The van der Waals surface area contributed by atoms with Crippen LogP contribution in [-0.2, 0) is 6.54 Å². The number of benzene rings is 1. The number of hydrogen-bond acceptors (Lipinski definition) is 2. The Morgan fingerprint density at radius 3 is 2.55 bits per heavy atom. The van der Waals surface area contributed by atoms with E-state index in [-0.39, 0.29) is 0 Å². The van der Waals surface area contributed by atoms with Gasteiger partial charge in [0.05, 0.1) is 11.1 Å². The summed E-state index contributed by atoms with van der Waals surface area (Å²) in [4.78, 5) is 0. The summed E-state index contributed by atoms with van der Waals surface area (Å²) in [7, 11) is 0. The fourth-order valence-corrected chi connectivity index (χ4v) is 2.69. The van der Waals surface area contributed by atoms with Crippen LogP contribution in [0.3, 0.4) is 0 Å². The fraction of sp³-hybridized carbons (Fsp3) is 0.647. The molecule has 0 radical (unpaired) electrons. The van der Waals surface area contributed by atoms with Crippen molar-refractivity contribution >= 4 is 15.9 Å². The van der Waals surface area contributed by atoms with E-state index >= 15 is 0 Å². The molecule has 1 aromatic rings. The molecule has 2 nitrogen and oxygen atoms in total. The summed E-state index contributed by atoms with van der Waals surface area (Å²) in [5.41, 5.74) is 1.23. The highest BCUT2D eigenvalue weighted by Gasteiger charge is 2.07. The van der Waals surface area contributed by atoms with Gasteiger partial charge in [0, 0.05) is 12.1 Å². The standard InChI is InChI=1S/C17H28BrNO/c1-3-5-6-7-8-9-13-20-17-15(14-19-4-2)11-10-12-16(17)18/h10-12,19H,3-9,13-14H2,1-2H3. The van der Waals surface area contributed by atoms with Crippen LogP contribution >= 0.6 is 15.9 Å². The molecule has 0 aromatic heterocycles. The van der Waals surface area contributed by atoms with E-state index in [9.17, 15) is 0 Å². The Labute approximate surface area is 132 Å². The maximum absolute atomic E-state index is 5.98. The molecule has 0 fully saturated rings. The van der Waals surface area contributed by atoms with Crippen molar-refractivity contribution in [1.82, 2.24) is 5.32 Å². The van der Waals surface area contributed by atoms with Gasteiger partial charge in [0.2, 0.25) is 0 Å². The SMILES string of the molecule is CCCCCCCCOc1c(Br)cccc1CNCC. The Bertz CT molecular complexity index is 368. The fourth-order valence-electron chi connectivity index (χ4n) is 2.17. The molecule has 0 amide bonds. The van der Waals surface area contributed by atoms with E-state index in [1.54, 1.807) is 0 Å². The minimum absolute atomic E-state index is 0.813. The van der Waals surface area contributed by atoms with Gasteiger partial charge in [0.25, 0.3) is 0 Å². The zero-order chi connectivity index (χ0) is 14.6. The lowest BCUT2D eigenvalue weighted by Crippen LogP contribution is -2.13. The van der Waals surface area contributed by atoms with Crippen molar-refractivity contribution < 1.29 is 4.74 Å². The average molecular weight is 342 g/mol. The molecule has 20 heavy (non-hydrogen) atoms. The van der Waals surface area contributed by atoms with Gasteiger partial charge < -0.3 is 10.1 Å². The van der Waals surface area contributed by atoms with Gasteiger partial charge in [-0.05, 0) is 35.0 Å². The van der Waals surface area contributed by atoms with Crippen LogP contribution in [-0.4, -0.2) is 13.2 Å². The van der Waals surface area contributed by atoms with E-state index in [0.717, 1.165) is 36.3 Å². The molecule has 0 atom stereocenters. The molecule has 0 aliphatic rings. The van der Waals surface area contributed by atoms with Gasteiger partial charge in [-0.25, -0.2) is 0 Å². The molecule has 1 N–H and O–H groups in total. The number of nitrogens with one attached hydrogen (secondary N) is 1. The molecule has 1 aromatic carbocycles. The van der Waals surface area contributed by atoms with E-state index in [2.05, 4.69) is 47.2 Å². The number of ether oxygens (including phenoxy) is 1. The van der Waals surface area contributed by atoms with Crippen LogP contribution in [0.15, 0.2) is 22.7 Å². The molecule has 0 saturated heterocycles. The molecule has 1 rings (SSSR count). The number of halogens is 1. The van der Waals surface area contributed by atoms with Crippen molar-refractivity contribution in [3.8, 4) is 5.75 Å². The van der Waals surface area contributed by atoms with Crippen LogP contribution in [0.1, 0.15) is 57.9 Å². The summed E-state index contributed by atoms with van der Waals surface area (Å²) in [5.74, 6) is 1.00. The van der Waals surface area contributed by atoms with Gasteiger partial charge in [-0.2, -0.15) is 0 Å². The zero-order valence-electron chi connectivity index (χ0n) is 12.9. The first-order valence-corrected chi connectivity index (χ1v) is 8.69. The van der Waals surface area contributed by atoms with Gasteiger partial charge in [-0.1, -0.05) is 58.1 Å². The quantitative estimate of drug-likeness (QED) is 0.551. The summed E-state index contributed by atoms with van der Waals surface area (Å²) in [5, 5.41) is 3.36. The predicted molar refractivity (Wildman–Crippen MR) is 90.4 cm³/mol. The van der Waals surface area contributed by atoms with Crippen LogP contribution in [0.5, 0.6) is 5.75 Å². The third-order valence-corrected chi connectivity index (χ3v) is 3.98. The Hall–Kier alpha value is -0.540. The minimum Gasteiger partial charge on any atom is -0.492 e. The lowest BCUT2D eigenvalue weighted by atomic mass is 10.1. The van der Waals surface area contributed by atoms with E-state index < -0.39 is 0 Å². The largest absolute Gasteiger partial charge is 0.492 e. The highest BCUT2D eigenvalue weighted by atomic mass is 79.9. The first-order valence-electron chi connectivity index (χ1n) is 7.90. The maximum atomic E-state index is 5.98. The Balaban J connectivity index is 2.34. The number of hydrogen-bond donors (Lipinski definition) is 1. The number of rotatable bonds is 11. The second-order valence-electron chi connectivity index (χ2n) is 5.12. The first-order chi connectivity index (χ1) is 9.79. The molecule has 0 aliphatic carbocycles. The molecule has 0 saturated carbocycles. The Morgan fingerprint density at radius 2 is 1.80 bits per heavy atom. The van der Waals surface area contributed by atoms with Crippen LogP contribution in [0, 0.1) is 0 Å². The maximum Gasteiger partial charge on any atom is 0.137 e. The molecule has 0 heterocycles. The van der Waals surface area contributed by atoms with Crippen molar-refractivity contribution in [3.63, 3.8) is 0 Å². The summed E-state index contributed by atoms with van der Waals surface area (Å²) >= 11 is 3.59. The second-order valence-corrected chi connectivity index (χ2v) is 5.98. The first kappa shape index (κ1) is 17.5. The Kier molecular flexibility index (Phi) is 9.77. The topological polar surface area (TPSA) is 21.3 Å². The molecule has 114 valence electrons. The predicted octanol–water partition coefficient (Wildman–Crippen LogP) is 5.30. The highest BCUT2D eigenvalue weighted by Crippen LogP contribution is 2.29. The van der Waals surface area contributed by atoms with Crippen molar-refractivity contribution in [2.75, 3.05) is 13.2 Å². The van der Waals surface area contributed by atoms with Crippen molar-refractivity contribution in [2.24, 2.45) is 0 Å².